The van der Waals surface area contributed by atoms with E-state index in [-0.39, 0.29) is 11.6 Å². The molecular weight excluding hydrogens is 663 g/mol. The lowest BCUT2D eigenvalue weighted by molar-refractivity contribution is 0.624. The molecule has 0 saturated carbocycles. The second kappa shape index (κ2) is 9.50. The number of hydrogen-bond donors (Lipinski definition) is 0. The molecule has 0 aliphatic carbocycles. The molecule has 0 atom stereocenters. The molecule has 44 heavy (non-hydrogen) atoms. The van der Waals surface area contributed by atoms with Gasteiger partial charge in [-0.25, -0.2) is 8.78 Å². The summed E-state index contributed by atoms with van der Waals surface area (Å²) in [6, 6.07) is 32.9. The van der Waals surface area contributed by atoms with Crippen molar-refractivity contribution in [1.29, 1.82) is 0 Å². The Balaban J connectivity index is 1.03. The highest BCUT2D eigenvalue weighted by Gasteiger charge is 2.21. The molecule has 0 amide bonds. The predicted molar refractivity (Wildman–Crippen MR) is 195 cm³/mol. The van der Waals surface area contributed by atoms with E-state index in [0.29, 0.717) is 9.75 Å². The Labute approximate surface area is 273 Å². The largest absolute Gasteiger partial charge is 0.205 e. The van der Waals surface area contributed by atoms with E-state index in [4.69, 9.17) is 0 Å². The van der Waals surface area contributed by atoms with Gasteiger partial charge in [0, 0.05) is 50.1 Å². The molecule has 0 bridgehead atoms. The van der Waals surface area contributed by atoms with Crippen LogP contribution in [0.1, 0.15) is 0 Å². The van der Waals surface area contributed by atoms with Crippen LogP contribution in [-0.4, -0.2) is 0 Å². The Morgan fingerprint density at radius 2 is 0.750 bits per heavy atom. The van der Waals surface area contributed by atoms with E-state index >= 15 is 8.78 Å². The molecular formula is C36H16F2S6. The van der Waals surface area contributed by atoms with Crippen molar-refractivity contribution in [2.45, 2.75) is 0 Å². The van der Waals surface area contributed by atoms with Gasteiger partial charge in [0.25, 0.3) is 0 Å². The molecule has 10 aromatic rings. The number of hydrogen-bond acceptors (Lipinski definition) is 6. The van der Waals surface area contributed by atoms with Gasteiger partial charge in [-0.05, 0) is 47.5 Å². The van der Waals surface area contributed by atoms with Crippen LogP contribution >= 0.6 is 68.0 Å². The summed E-state index contributed by atoms with van der Waals surface area (Å²) in [7, 11) is 0. The van der Waals surface area contributed by atoms with Crippen LogP contribution in [0.25, 0.3) is 89.8 Å². The minimum Gasteiger partial charge on any atom is -0.205 e. The Morgan fingerprint density at radius 1 is 0.364 bits per heavy atom. The molecule has 0 nitrogen and oxygen atoms in total. The molecule has 4 aromatic carbocycles. The fourth-order valence-electron chi connectivity index (χ4n) is 6.05. The molecule has 8 heteroatoms. The maximum absolute atomic E-state index is 15.5. The quantitative estimate of drug-likeness (QED) is 0.174. The van der Waals surface area contributed by atoms with Crippen molar-refractivity contribution >= 4 is 127 Å². The highest BCUT2D eigenvalue weighted by atomic mass is 32.1. The van der Waals surface area contributed by atoms with E-state index in [9.17, 15) is 0 Å². The van der Waals surface area contributed by atoms with Crippen LogP contribution in [0.15, 0.2) is 97.1 Å². The van der Waals surface area contributed by atoms with Gasteiger partial charge in [0.15, 0.2) is 0 Å². The Kier molecular flexibility index (Phi) is 5.57. The zero-order chi connectivity index (χ0) is 29.1. The smallest absolute Gasteiger partial charge is 0.143 e. The molecule has 6 heterocycles. The molecule has 0 spiro atoms. The van der Waals surface area contributed by atoms with Crippen molar-refractivity contribution < 1.29 is 8.78 Å². The van der Waals surface area contributed by atoms with Crippen molar-refractivity contribution in [3.63, 3.8) is 0 Å². The van der Waals surface area contributed by atoms with Gasteiger partial charge in [-0.2, -0.15) is 0 Å². The number of rotatable bonds is 3. The van der Waals surface area contributed by atoms with Crippen LogP contribution in [0, 0.1) is 11.6 Å². The molecule has 0 radical (unpaired) electrons. The molecule has 0 fully saturated rings. The van der Waals surface area contributed by atoms with E-state index in [2.05, 4.69) is 84.9 Å². The van der Waals surface area contributed by atoms with Crippen molar-refractivity contribution in [1.82, 2.24) is 0 Å². The Bertz CT molecular complexity index is 2570. The second-order valence-corrected chi connectivity index (χ2v) is 17.0. The Morgan fingerprint density at radius 3 is 1.20 bits per heavy atom. The van der Waals surface area contributed by atoms with Crippen LogP contribution < -0.4 is 0 Å². The maximum atomic E-state index is 15.5. The van der Waals surface area contributed by atoms with Crippen LogP contribution in [-0.2, 0) is 0 Å². The first-order valence-electron chi connectivity index (χ1n) is 13.9. The zero-order valence-electron chi connectivity index (χ0n) is 22.4. The molecule has 6 aromatic heterocycles. The first kappa shape index (κ1) is 25.8. The van der Waals surface area contributed by atoms with Crippen LogP contribution in [0.2, 0.25) is 0 Å². The van der Waals surface area contributed by atoms with Crippen LogP contribution in [0.5, 0.6) is 0 Å². The average Bonchev–Trinajstić information content (AvgIpc) is 3.87. The molecule has 0 aliphatic heterocycles. The third-order valence-corrected chi connectivity index (χ3v) is 15.6. The Hall–Kier alpha value is -3.50. The van der Waals surface area contributed by atoms with E-state index < -0.39 is 0 Å². The molecule has 0 aliphatic rings. The predicted octanol–water partition coefficient (Wildman–Crippen LogP) is 14.3. The van der Waals surface area contributed by atoms with Gasteiger partial charge in [0.1, 0.15) is 11.6 Å². The molecule has 210 valence electrons. The fraction of sp³-hybridized carbons (Fsp3) is 0. The second-order valence-electron chi connectivity index (χ2n) is 10.7. The van der Waals surface area contributed by atoms with Crippen molar-refractivity contribution in [2.75, 3.05) is 0 Å². The topological polar surface area (TPSA) is 0 Å². The van der Waals surface area contributed by atoms with Gasteiger partial charge in [-0.1, -0.05) is 60.7 Å². The van der Waals surface area contributed by atoms with Gasteiger partial charge >= 0.3 is 0 Å². The van der Waals surface area contributed by atoms with Crippen molar-refractivity contribution in [3.8, 4) is 30.6 Å². The van der Waals surface area contributed by atoms with E-state index in [0.717, 1.165) is 20.9 Å². The van der Waals surface area contributed by atoms with Crippen molar-refractivity contribution in [2.24, 2.45) is 0 Å². The average molecular weight is 679 g/mol. The summed E-state index contributed by atoms with van der Waals surface area (Å²) in [6.07, 6.45) is 0. The van der Waals surface area contributed by atoms with Gasteiger partial charge in [0.2, 0.25) is 0 Å². The molecule has 0 saturated heterocycles. The fourth-order valence-corrected chi connectivity index (χ4v) is 13.6. The first-order valence-corrected chi connectivity index (χ1v) is 18.8. The van der Waals surface area contributed by atoms with Gasteiger partial charge < -0.3 is 0 Å². The summed E-state index contributed by atoms with van der Waals surface area (Å²) in [4.78, 5) is 2.33. The van der Waals surface area contributed by atoms with E-state index in [1.54, 1.807) is 34.8 Å². The van der Waals surface area contributed by atoms with Crippen molar-refractivity contribution in [3.05, 3.63) is 109 Å². The summed E-state index contributed by atoms with van der Waals surface area (Å²) >= 11 is 9.86. The lowest BCUT2D eigenvalue weighted by atomic mass is 10.1. The SMILES string of the molecule is Fc1cc(-c2ccc3c(c2)sc2c4ccccc4sc32)sc1-c1sc(-c2ccc3c(c2)sc2c4ccccc4sc32)cc1F. The third kappa shape index (κ3) is 3.73. The minimum absolute atomic E-state index is 0.358. The van der Waals surface area contributed by atoms with Crippen LogP contribution in [0.3, 0.4) is 0 Å². The summed E-state index contributed by atoms with van der Waals surface area (Å²) in [5.41, 5.74) is 1.91. The number of thiophene rings is 6. The molecule has 0 N–H and O–H groups in total. The zero-order valence-corrected chi connectivity index (χ0v) is 27.3. The summed E-state index contributed by atoms with van der Waals surface area (Å²) < 4.78 is 41.1. The third-order valence-electron chi connectivity index (χ3n) is 8.13. The van der Waals surface area contributed by atoms with Gasteiger partial charge in [-0.15, -0.1) is 68.0 Å². The summed E-state index contributed by atoms with van der Waals surface area (Å²) in [5, 5.41) is 5.04. The summed E-state index contributed by atoms with van der Waals surface area (Å²) in [5.74, 6) is -0.757. The highest BCUT2D eigenvalue weighted by Crippen LogP contribution is 2.49. The molecule has 0 unspecified atom stereocenters. The van der Waals surface area contributed by atoms with Gasteiger partial charge in [0.05, 0.1) is 28.6 Å². The monoisotopic (exact) mass is 678 g/mol. The molecule has 10 rings (SSSR count). The minimum atomic E-state index is -0.378. The van der Waals surface area contributed by atoms with E-state index in [1.807, 2.05) is 22.7 Å². The lowest BCUT2D eigenvalue weighted by Crippen LogP contribution is -1.74. The maximum Gasteiger partial charge on any atom is 0.143 e. The number of benzene rings is 4. The number of fused-ring (bicyclic) bond motifs is 10. The lowest BCUT2D eigenvalue weighted by Gasteiger charge is -1.98. The first-order chi connectivity index (χ1) is 21.6. The van der Waals surface area contributed by atoms with E-state index in [1.165, 1.54) is 81.8 Å². The van der Waals surface area contributed by atoms with Crippen LogP contribution in [0.4, 0.5) is 8.78 Å². The highest BCUT2D eigenvalue weighted by molar-refractivity contribution is 7.37. The standard InChI is InChI=1S/C36H16F2S6/c37-23-15-27(17-9-11-21-29(13-17)43-31-19-5-1-3-7-25(19)39-33(21)31)41-35(23)36-24(38)16-28(42-36)18-10-12-22-30(14-18)44-32-20-6-2-4-8-26(20)40-34(22)32/h1-16H. The van der Waals surface area contributed by atoms with Gasteiger partial charge in [-0.3, -0.25) is 0 Å². The normalized spacial score (nSPS) is 12.3. The number of halogens is 2. The summed E-state index contributed by atoms with van der Waals surface area (Å²) in [6.45, 7) is 0.